The van der Waals surface area contributed by atoms with Crippen LogP contribution in [-0.4, -0.2) is 63.2 Å². The third kappa shape index (κ3) is 6.27. The van der Waals surface area contributed by atoms with Gasteiger partial charge < -0.3 is 9.64 Å². The van der Waals surface area contributed by atoms with Gasteiger partial charge in [-0.05, 0) is 42.0 Å². The van der Waals surface area contributed by atoms with Crippen molar-refractivity contribution in [2.45, 2.75) is 11.0 Å². The zero-order valence-electron chi connectivity index (χ0n) is 19.8. The van der Waals surface area contributed by atoms with Crippen LogP contribution in [0.1, 0.15) is 22.0 Å². The van der Waals surface area contributed by atoms with Crippen molar-refractivity contribution in [1.82, 2.24) is 4.90 Å². The predicted molar refractivity (Wildman–Crippen MR) is 136 cm³/mol. The number of carbonyl (C=O) groups is 1. The fraction of sp³-hybridized carbons (Fsp3) is 0.269. The molecular formula is C26H27N3O6S. The Morgan fingerprint density at radius 3 is 2.11 bits per heavy atom. The number of rotatable bonds is 8. The van der Waals surface area contributed by atoms with Crippen molar-refractivity contribution < 1.29 is 22.9 Å². The largest absolute Gasteiger partial charge is 0.453 e. The molecular weight excluding hydrogens is 482 g/mol. The molecule has 0 bridgehead atoms. The van der Waals surface area contributed by atoms with E-state index in [9.17, 15) is 23.3 Å². The quantitative estimate of drug-likeness (QED) is 0.257. The van der Waals surface area contributed by atoms with E-state index in [1.807, 2.05) is 18.2 Å². The van der Waals surface area contributed by atoms with Crippen molar-refractivity contribution >= 4 is 27.2 Å². The maximum absolute atomic E-state index is 12.9. The lowest BCUT2D eigenvalue weighted by Crippen LogP contribution is -2.47. The van der Waals surface area contributed by atoms with Crippen LogP contribution in [0.25, 0.3) is 0 Å². The topological polar surface area (TPSA) is 110 Å². The molecule has 4 rings (SSSR count). The van der Waals surface area contributed by atoms with E-state index in [-0.39, 0.29) is 16.1 Å². The first kappa shape index (κ1) is 25.3. The van der Waals surface area contributed by atoms with Gasteiger partial charge in [-0.15, -0.1) is 0 Å². The highest BCUT2D eigenvalue weighted by molar-refractivity contribution is 7.90. The maximum atomic E-state index is 12.9. The highest BCUT2D eigenvalue weighted by Crippen LogP contribution is 2.25. The van der Waals surface area contributed by atoms with Gasteiger partial charge >= 0.3 is 5.97 Å². The summed E-state index contributed by atoms with van der Waals surface area (Å²) in [4.78, 5) is 28.0. The Bertz CT molecular complexity index is 1300. The molecule has 10 heteroatoms. The number of para-hydroxylation sites is 1. The molecule has 0 spiro atoms. The van der Waals surface area contributed by atoms with Crippen molar-refractivity contribution in [3.8, 4) is 0 Å². The first-order valence-electron chi connectivity index (χ1n) is 11.5. The third-order valence-electron chi connectivity index (χ3n) is 6.16. The van der Waals surface area contributed by atoms with E-state index in [0.717, 1.165) is 38.1 Å². The molecule has 0 saturated carbocycles. The molecule has 1 fully saturated rings. The number of nitrogens with zero attached hydrogens (tertiary/aromatic N) is 3. The van der Waals surface area contributed by atoms with Crippen LogP contribution in [0.4, 0.5) is 11.4 Å². The molecule has 1 aliphatic heterocycles. The number of carbonyl (C=O) groups excluding carboxylic acids is 1. The summed E-state index contributed by atoms with van der Waals surface area (Å²) in [6, 6.07) is 21.7. The molecule has 0 aromatic heterocycles. The zero-order chi connectivity index (χ0) is 25.7. The smallest absolute Gasteiger partial charge is 0.338 e. The number of non-ortho nitro benzene ring substituents is 1. The fourth-order valence-corrected chi connectivity index (χ4v) is 4.75. The summed E-state index contributed by atoms with van der Waals surface area (Å²) in [7, 11) is -3.36. The first-order chi connectivity index (χ1) is 17.2. The second-order valence-corrected chi connectivity index (χ2v) is 10.7. The lowest BCUT2D eigenvalue weighted by molar-refractivity contribution is -0.384. The third-order valence-corrected chi connectivity index (χ3v) is 7.29. The number of hydrogen-bond acceptors (Lipinski definition) is 8. The Balaban J connectivity index is 1.50. The first-order valence-corrected chi connectivity index (χ1v) is 13.4. The number of nitro groups is 1. The minimum Gasteiger partial charge on any atom is -0.453 e. The van der Waals surface area contributed by atoms with Gasteiger partial charge in [0, 0.05) is 56.8 Å². The second-order valence-electron chi connectivity index (χ2n) is 8.66. The van der Waals surface area contributed by atoms with Crippen LogP contribution in [0.15, 0.2) is 83.8 Å². The molecule has 188 valence electrons. The molecule has 1 saturated heterocycles. The van der Waals surface area contributed by atoms with Gasteiger partial charge in [-0.25, -0.2) is 13.2 Å². The van der Waals surface area contributed by atoms with E-state index >= 15 is 0 Å². The van der Waals surface area contributed by atoms with Gasteiger partial charge in [-0.2, -0.15) is 0 Å². The standard InChI is InChI=1S/C26H27N3O6S/c1-36(33,34)24-13-9-20(10-14-24)25(35-26(30)21-7-11-23(12-8-21)29(31)32)19-27-15-17-28(18-16-27)22-5-3-2-4-6-22/h2-14,25H,15-19H2,1H3/t25-/m1/s1. The van der Waals surface area contributed by atoms with Crippen LogP contribution in [0.3, 0.4) is 0 Å². The molecule has 36 heavy (non-hydrogen) atoms. The molecule has 1 aliphatic rings. The molecule has 1 atom stereocenters. The Hall–Kier alpha value is -3.76. The molecule has 0 amide bonds. The molecule has 9 nitrogen and oxygen atoms in total. The number of ether oxygens (including phenoxy) is 1. The molecule has 0 aliphatic carbocycles. The van der Waals surface area contributed by atoms with Crippen LogP contribution in [0.5, 0.6) is 0 Å². The average molecular weight is 510 g/mol. The summed E-state index contributed by atoms with van der Waals surface area (Å²) >= 11 is 0. The van der Waals surface area contributed by atoms with Gasteiger partial charge in [0.05, 0.1) is 15.4 Å². The molecule has 1 heterocycles. The van der Waals surface area contributed by atoms with Gasteiger partial charge in [0.15, 0.2) is 9.84 Å². The van der Waals surface area contributed by atoms with Gasteiger partial charge in [-0.3, -0.25) is 15.0 Å². The molecule has 0 radical (unpaired) electrons. The normalized spacial score (nSPS) is 15.3. The number of anilines is 1. The second kappa shape index (κ2) is 10.9. The molecule has 3 aromatic rings. The maximum Gasteiger partial charge on any atom is 0.338 e. The predicted octanol–water partition coefficient (Wildman–Crippen LogP) is 3.72. The van der Waals surface area contributed by atoms with Crippen LogP contribution in [-0.2, 0) is 14.6 Å². The summed E-state index contributed by atoms with van der Waals surface area (Å²) in [6.07, 6.45) is 0.491. The van der Waals surface area contributed by atoms with Gasteiger partial charge in [-0.1, -0.05) is 30.3 Å². The Labute approximate surface area is 210 Å². The van der Waals surface area contributed by atoms with E-state index in [1.165, 1.54) is 36.4 Å². The lowest BCUT2D eigenvalue weighted by atomic mass is 10.1. The fourth-order valence-electron chi connectivity index (χ4n) is 4.12. The van der Waals surface area contributed by atoms with E-state index in [1.54, 1.807) is 12.1 Å². The van der Waals surface area contributed by atoms with Gasteiger partial charge in [0.2, 0.25) is 0 Å². The highest BCUT2D eigenvalue weighted by atomic mass is 32.2. The minimum atomic E-state index is -3.36. The van der Waals surface area contributed by atoms with Crippen LogP contribution in [0, 0.1) is 10.1 Å². The van der Waals surface area contributed by atoms with E-state index in [2.05, 4.69) is 21.9 Å². The monoisotopic (exact) mass is 509 g/mol. The summed E-state index contributed by atoms with van der Waals surface area (Å²) in [6.45, 7) is 3.60. The van der Waals surface area contributed by atoms with Crippen LogP contribution < -0.4 is 4.90 Å². The lowest BCUT2D eigenvalue weighted by Gasteiger charge is -2.37. The van der Waals surface area contributed by atoms with Gasteiger partial charge in [0.1, 0.15) is 6.10 Å². The van der Waals surface area contributed by atoms with E-state index < -0.39 is 26.8 Å². The summed E-state index contributed by atoms with van der Waals surface area (Å²) in [5.41, 5.74) is 1.92. The van der Waals surface area contributed by atoms with E-state index in [4.69, 9.17) is 4.74 Å². The molecule has 0 N–H and O–H groups in total. The van der Waals surface area contributed by atoms with Crippen molar-refractivity contribution in [3.63, 3.8) is 0 Å². The minimum absolute atomic E-state index is 0.115. The molecule has 0 unspecified atom stereocenters. The zero-order valence-corrected chi connectivity index (χ0v) is 20.6. The summed E-state index contributed by atoms with van der Waals surface area (Å²) in [5, 5.41) is 10.9. The number of piperazine rings is 1. The van der Waals surface area contributed by atoms with Crippen molar-refractivity contribution in [2.24, 2.45) is 0 Å². The number of esters is 1. The summed E-state index contributed by atoms with van der Waals surface area (Å²) in [5.74, 6) is -0.606. The van der Waals surface area contributed by atoms with E-state index in [0.29, 0.717) is 12.1 Å². The highest BCUT2D eigenvalue weighted by Gasteiger charge is 2.25. The summed E-state index contributed by atoms with van der Waals surface area (Å²) < 4.78 is 29.6. The molecule has 3 aromatic carbocycles. The SMILES string of the molecule is CS(=O)(=O)c1ccc([C@@H](CN2CCN(c3ccccc3)CC2)OC(=O)c2ccc([N+](=O)[O-])cc2)cc1. The Kier molecular flexibility index (Phi) is 7.66. The number of sulfone groups is 1. The van der Waals surface area contributed by atoms with Crippen molar-refractivity contribution in [2.75, 3.05) is 43.9 Å². The Morgan fingerprint density at radius 2 is 1.56 bits per heavy atom. The average Bonchev–Trinajstić information content (AvgIpc) is 2.89. The van der Waals surface area contributed by atoms with Gasteiger partial charge in [0.25, 0.3) is 5.69 Å². The number of hydrogen-bond donors (Lipinski definition) is 0. The number of nitro benzene ring substituents is 1. The van der Waals surface area contributed by atoms with Crippen LogP contribution in [0.2, 0.25) is 0 Å². The van der Waals surface area contributed by atoms with Crippen LogP contribution >= 0.6 is 0 Å². The Morgan fingerprint density at radius 1 is 0.944 bits per heavy atom. The van der Waals surface area contributed by atoms with Crippen molar-refractivity contribution in [1.29, 1.82) is 0 Å². The van der Waals surface area contributed by atoms with Crippen molar-refractivity contribution in [3.05, 3.63) is 100 Å². The number of benzene rings is 3.